The average molecular weight is 221 g/mol. The number of rotatable bonds is 3. The van der Waals surface area contributed by atoms with Crippen molar-refractivity contribution in [3.05, 3.63) is 28.8 Å². The van der Waals surface area contributed by atoms with E-state index in [2.05, 4.69) is 0 Å². The summed E-state index contributed by atoms with van der Waals surface area (Å²) >= 11 is 0. The first kappa shape index (κ1) is 12.0. The zero-order valence-corrected chi connectivity index (χ0v) is 8.73. The smallest absolute Gasteiger partial charge is 0.339 e. The fourth-order valence-electron chi connectivity index (χ4n) is 1.26. The van der Waals surface area contributed by atoms with E-state index < -0.39 is 5.97 Å². The zero-order chi connectivity index (χ0) is 12.1. The molecule has 0 spiro atoms. The van der Waals surface area contributed by atoms with Crippen LogP contribution in [0.1, 0.15) is 28.4 Å². The van der Waals surface area contributed by atoms with Crippen LogP contribution < -0.4 is 0 Å². The van der Waals surface area contributed by atoms with E-state index >= 15 is 0 Å². The Morgan fingerprint density at radius 1 is 1.56 bits per heavy atom. The number of aliphatic hydroxyl groups excluding tert-OH is 1. The summed E-state index contributed by atoms with van der Waals surface area (Å²) in [5.41, 5.74) is 0.170. The number of nitriles is 1. The fraction of sp³-hybridized carbons (Fsp3) is 0.273. The van der Waals surface area contributed by atoms with Crippen molar-refractivity contribution in [2.45, 2.75) is 13.5 Å². The Balaban J connectivity index is 3.29. The lowest BCUT2D eigenvalue weighted by molar-refractivity contribution is 0.0525. The first-order valence-electron chi connectivity index (χ1n) is 4.68. The van der Waals surface area contributed by atoms with E-state index in [0.717, 1.165) is 0 Å². The van der Waals surface area contributed by atoms with Crippen molar-refractivity contribution in [1.82, 2.24) is 0 Å². The van der Waals surface area contributed by atoms with Gasteiger partial charge in [-0.3, -0.25) is 0 Å². The molecule has 5 nitrogen and oxygen atoms in total. The maximum atomic E-state index is 11.5. The van der Waals surface area contributed by atoms with Crippen molar-refractivity contribution in [3.8, 4) is 11.8 Å². The number of phenolic OH excluding ortho intramolecular Hbond substituents is 1. The molecular formula is C11H11NO4. The van der Waals surface area contributed by atoms with Crippen molar-refractivity contribution in [2.75, 3.05) is 6.61 Å². The normalized spacial score (nSPS) is 9.56. The minimum atomic E-state index is -0.690. The first-order valence-corrected chi connectivity index (χ1v) is 4.68. The van der Waals surface area contributed by atoms with Gasteiger partial charge in [0, 0.05) is 0 Å². The molecule has 0 aliphatic heterocycles. The minimum absolute atomic E-state index is 0.0339. The fourth-order valence-corrected chi connectivity index (χ4v) is 1.26. The van der Waals surface area contributed by atoms with E-state index in [1.54, 1.807) is 13.0 Å². The number of nitrogens with zero attached hydrogens (tertiary/aromatic N) is 1. The maximum Gasteiger partial charge on any atom is 0.339 e. The third-order valence-corrected chi connectivity index (χ3v) is 1.97. The number of aromatic hydroxyl groups is 1. The van der Waals surface area contributed by atoms with Crippen molar-refractivity contribution < 1.29 is 19.7 Å². The van der Waals surface area contributed by atoms with Crippen LogP contribution in [0.4, 0.5) is 0 Å². The molecule has 0 fully saturated rings. The predicted molar refractivity (Wildman–Crippen MR) is 54.7 cm³/mol. The van der Waals surface area contributed by atoms with Gasteiger partial charge in [-0.15, -0.1) is 0 Å². The van der Waals surface area contributed by atoms with Gasteiger partial charge in [0.2, 0.25) is 0 Å². The highest BCUT2D eigenvalue weighted by atomic mass is 16.5. The molecule has 5 heteroatoms. The molecule has 0 aliphatic rings. The van der Waals surface area contributed by atoms with Gasteiger partial charge in [-0.25, -0.2) is 4.79 Å². The molecule has 16 heavy (non-hydrogen) atoms. The average Bonchev–Trinajstić information content (AvgIpc) is 2.28. The van der Waals surface area contributed by atoms with Gasteiger partial charge in [0.15, 0.2) is 0 Å². The van der Waals surface area contributed by atoms with Gasteiger partial charge < -0.3 is 14.9 Å². The summed E-state index contributed by atoms with van der Waals surface area (Å²) in [7, 11) is 0. The number of carbonyl (C=O) groups excluding carboxylic acids is 1. The Bertz CT molecular complexity index is 448. The summed E-state index contributed by atoms with van der Waals surface area (Å²) in [6.45, 7) is 1.49. The highest BCUT2D eigenvalue weighted by Gasteiger charge is 2.17. The van der Waals surface area contributed by atoms with Crippen LogP contribution in [-0.2, 0) is 11.3 Å². The molecule has 84 valence electrons. The Kier molecular flexibility index (Phi) is 3.86. The molecule has 1 aromatic carbocycles. The topological polar surface area (TPSA) is 90.6 Å². The summed E-state index contributed by atoms with van der Waals surface area (Å²) in [5, 5.41) is 27.2. The predicted octanol–water partition coefficient (Wildman–Crippen LogP) is 0.933. The second kappa shape index (κ2) is 5.14. The van der Waals surface area contributed by atoms with E-state index in [4.69, 9.17) is 15.1 Å². The SMILES string of the molecule is CCOC(=O)c1cc(CO)cc(O)c1C#N. The van der Waals surface area contributed by atoms with Gasteiger partial charge in [0.1, 0.15) is 17.4 Å². The van der Waals surface area contributed by atoms with Crippen LogP contribution in [-0.4, -0.2) is 22.8 Å². The number of hydrogen-bond acceptors (Lipinski definition) is 5. The van der Waals surface area contributed by atoms with Gasteiger partial charge in [-0.2, -0.15) is 5.26 Å². The number of benzene rings is 1. The quantitative estimate of drug-likeness (QED) is 0.741. The zero-order valence-electron chi connectivity index (χ0n) is 8.73. The van der Waals surface area contributed by atoms with Crippen LogP contribution in [0.25, 0.3) is 0 Å². The maximum absolute atomic E-state index is 11.5. The summed E-state index contributed by atoms with van der Waals surface area (Å²) in [5.74, 6) is -1.03. The molecule has 0 radical (unpaired) electrons. The summed E-state index contributed by atoms with van der Waals surface area (Å²) in [4.78, 5) is 11.5. The Labute approximate surface area is 92.5 Å². The number of aliphatic hydroxyl groups is 1. The van der Waals surface area contributed by atoms with Gasteiger partial charge in [-0.05, 0) is 24.6 Å². The minimum Gasteiger partial charge on any atom is -0.507 e. The molecule has 1 rings (SSSR count). The Morgan fingerprint density at radius 2 is 2.25 bits per heavy atom. The lowest BCUT2D eigenvalue weighted by Gasteiger charge is -2.07. The number of phenols is 1. The molecule has 0 heterocycles. The van der Waals surface area contributed by atoms with Crippen LogP contribution in [0.3, 0.4) is 0 Å². The lowest BCUT2D eigenvalue weighted by Crippen LogP contribution is -2.08. The molecule has 0 amide bonds. The van der Waals surface area contributed by atoms with E-state index in [1.165, 1.54) is 12.1 Å². The number of esters is 1. The summed E-state index contributed by atoms with van der Waals surface area (Å²) in [6, 6.07) is 4.29. The highest BCUT2D eigenvalue weighted by molar-refractivity contribution is 5.93. The first-order chi connectivity index (χ1) is 7.63. The molecule has 0 bridgehead atoms. The lowest BCUT2D eigenvalue weighted by atomic mass is 10.0. The van der Waals surface area contributed by atoms with Crippen LogP contribution in [0.5, 0.6) is 5.75 Å². The van der Waals surface area contributed by atoms with Gasteiger partial charge in [0.25, 0.3) is 0 Å². The van der Waals surface area contributed by atoms with Crippen molar-refractivity contribution in [2.24, 2.45) is 0 Å². The highest BCUT2D eigenvalue weighted by Crippen LogP contribution is 2.23. The Morgan fingerprint density at radius 3 is 2.75 bits per heavy atom. The number of hydrogen-bond donors (Lipinski definition) is 2. The van der Waals surface area contributed by atoms with Crippen molar-refractivity contribution in [1.29, 1.82) is 5.26 Å². The van der Waals surface area contributed by atoms with Crippen molar-refractivity contribution >= 4 is 5.97 Å². The number of carbonyl (C=O) groups is 1. The van der Waals surface area contributed by atoms with E-state index in [0.29, 0.717) is 5.56 Å². The molecule has 1 aromatic rings. The molecule has 0 atom stereocenters. The molecule has 0 saturated heterocycles. The summed E-state index contributed by atoms with van der Waals surface area (Å²) < 4.78 is 4.74. The molecule has 0 unspecified atom stereocenters. The van der Waals surface area contributed by atoms with E-state index in [9.17, 15) is 9.90 Å². The number of ether oxygens (including phenoxy) is 1. The molecule has 0 aliphatic carbocycles. The third kappa shape index (κ3) is 2.30. The largest absolute Gasteiger partial charge is 0.507 e. The molecular weight excluding hydrogens is 210 g/mol. The monoisotopic (exact) mass is 221 g/mol. The van der Waals surface area contributed by atoms with Crippen LogP contribution in [0, 0.1) is 11.3 Å². The van der Waals surface area contributed by atoms with E-state index in [-0.39, 0.29) is 30.1 Å². The van der Waals surface area contributed by atoms with Gasteiger partial charge in [-0.1, -0.05) is 0 Å². The molecule has 2 N–H and O–H groups in total. The van der Waals surface area contributed by atoms with Gasteiger partial charge >= 0.3 is 5.97 Å². The van der Waals surface area contributed by atoms with Crippen molar-refractivity contribution in [3.63, 3.8) is 0 Å². The van der Waals surface area contributed by atoms with Crippen LogP contribution >= 0.6 is 0 Å². The van der Waals surface area contributed by atoms with E-state index in [1.807, 2.05) is 0 Å². The van der Waals surface area contributed by atoms with Crippen LogP contribution in [0.2, 0.25) is 0 Å². The van der Waals surface area contributed by atoms with Crippen LogP contribution in [0.15, 0.2) is 12.1 Å². The second-order valence-electron chi connectivity index (χ2n) is 3.03. The Hall–Kier alpha value is -2.06. The molecule has 0 saturated carbocycles. The standard InChI is InChI=1S/C11H11NO4/c1-2-16-11(15)8-3-7(6-13)4-10(14)9(8)5-12/h3-4,13-14H,2,6H2,1H3. The third-order valence-electron chi connectivity index (χ3n) is 1.97. The second-order valence-corrected chi connectivity index (χ2v) is 3.03. The molecule has 0 aromatic heterocycles. The summed E-state index contributed by atoms with van der Waals surface area (Å²) in [6.07, 6.45) is 0. The van der Waals surface area contributed by atoms with Gasteiger partial charge in [0.05, 0.1) is 18.8 Å².